The molecule has 0 atom stereocenters. The Kier molecular flexibility index (Phi) is 3.20. The molecule has 0 bridgehead atoms. The standard InChI is InChI=1S/C15H13N3OS/c1-9-6-10(2)13-12(7-9)17-15(20-13)18-14(19)11-4-3-5-16-8-11/h3-8H,1-2H3,(H,17,18,19). The second kappa shape index (κ2) is 5.02. The Morgan fingerprint density at radius 2 is 2.15 bits per heavy atom. The average molecular weight is 283 g/mol. The molecule has 0 aliphatic carbocycles. The molecule has 2 aromatic heterocycles. The van der Waals surface area contributed by atoms with E-state index in [0.717, 1.165) is 10.2 Å². The third kappa shape index (κ3) is 2.40. The summed E-state index contributed by atoms with van der Waals surface area (Å²) in [5.41, 5.74) is 3.80. The second-order valence-electron chi connectivity index (χ2n) is 4.64. The molecule has 3 aromatic rings. The van der Waals surface area contributed by atoms with Crippen molar-refractivity contribution in [2.45, 2.75) is 13.8 Å². The molecule has 0 fully saturated rings. The number of rotatable bonds is 2. The van der Waals surface area contributed by atoms with Crippen molar-refractivity contribution in [2.24, 2.45) is 0 Å². The largest absolute Gasteiger partial charge is 0.298 e. The molecular weight excluding hydrogens is 270 g/mol. The zero-order chi connectivity index (χ0) is 14.1. The summed E-state index contributed by atoms with van der Waals surface area (Å²) in [5, 5.41) is 3.44. The Morgan fingerprint density at radius 1 is 1.30 bits per heavy atom. The SMILES string of the molecule is Cc1cc(C)c2sc(NC(=O)c3cccnc3)nc2c1. The summed E-state index contributed by atoms with van der Waals surface area (Å²) in [6, 6.07) is 7.61. The van der Waals surface area contributed by atoms with E-state index in [0.29, 0.717) is 10.7 Å². The molecule has 100 valence electrons. The van der Waals surface area contributed by atoms with Crippen LogP contribution in [-0.4, -0.2) is 15.9 Å². The molecule has 1 N–H and O–H groups in total. The maximum absolute atomic E-state index is 12.1. The number of nitrogens with one attached hydrogen (secondary N) is 1. The molecule has 0 aliphatic rings. The van der Waals surface area contributed by atoms with Crippen LogP contribution in [0.2, 0.25) is 0 Å². The molecule has 3 rings (SSSR count). The van der Waals surface area contributed by atoms with Crippen molar-refractivity contribution in [3.63, 3.8) is 0 Å². The lowest BCUT2D eigenvalue weighted by molar-refractivity contribution is 0.102. The summed E-state index contributed by atoms with van der Waals surface area (Å²) < 4.78 is 1.11. The summed E-state index contributed by atoms with van der Waals surface area (Å²) in [4.78, 5) is 20.5. The van der Waals surface area contributed by atoms with Gasteiger partial charge in [-0.3, -0.25) is 15.1 Å². The number of amides is 1. The third-order valence-corrected chi connectivity index (χ3v) is 4.09. The normalized spacial score (nSPS) is 10.7. The van der Waals surface area contributed by atoms with Gasteiger partial charge in [0.1, 0.15) is 0 Å². The highest BCUT2D eigenvalue weighted by atomic mass is 32.1. The highest BCUT2D eigenvalue weighted by Crippen LogP contribution is 2.29. The van der Waals surface area contributed by atoms with Crippen molar-refractivity contribution in [2.75, 3.05) is 5.32 Å². The van der Waals surface area contributed by atoms with E-state index in [9.17, 15) is 4.79 Å². The number of benzene rings is 1. The van der Waals surface area contributed by atoms with Gasteiger partial charge in [0.15, 0.2) is 5.13 Å². The Bertz CT molecular complexity index is 780. The minimum atomic E-state index is -0.188. The fourth-order valence-corrected chi connectivity index (χ4v) is 3.01. The Balaban J connectivity index is 1.92. The van der Waals surface area contributed by atoms with Crippen molar-refractivity contribution in [1.29, 1.82) is 0 Å². The van der Waals surface area contributed by atoms with Crippen LogP contribution in [-0.2, 0) is 0 Å². The lowest BCUT2D eigenvalue weighted by Gasteiger charge is -1.99. The van der Waals surface area contributed by atoms with Crippen molar-refractivity contribution in [1.82, 2.24) is 9.97 Å². The molecule has 0 radical (unpaired) electrons. The van der Waals surface area contributed by atoms with Gasteiger partial charge in [-0.15, -0.1) is 0 Å². The number of pyridine rings is 1. The highest BCUT2D eigenvalue weighted by molar-refractivity contribution is 7.22. The first-order chi connectivity index (χ1) is 9.63. The van der Waals surface area contributed by atoms with Crippen LogP contribution < -0.4 is 5.32 Å². The van der Waals surface area contributed by atoms with E-state index >= 15 is 0 Å². The maximum Gasteiger partial charge on any atom is 0.259 e. The lowest BCUT2D eigenvalue weighted by atomic mass is 10.1. The van der Waals surface area contributed by atoms with Crippen LogP contribution in [0.3, 0.4) is 0 Å². The van der Waals surface area contributed by atoms with Crippen LogP contribution >= 0.6 is 11.3 Å². The van der Waals surface area contributed by atoms with Gasteiger partial charge in [0.2, 0.25) is 0 Å². The van der Waals surface area contributed by atoms with E-state index < -0.39 is 0 Å². The number of thiazole rings is 1. The van der Waals surface area contributed by atoms with Crippen LogP contribution in [0.1, 0.15) is 21.5 Å². The summed E-state index contributed by atoms with van der Waals surface area (Å²) in [7, 11) is 0. The minimum Gasteiger partial charge on any atom is -0.298 e. The Hall–Kier alpha value is -2.27. The number of anilines is 1. The van der Waals surface area contributed by atoms with Gasteiger partial charge < -0.3 is 0 Å². The molecule has 0 aliphatic heterocycles. The second-order valence-corrected chi connectivity index (χ2v) is 5.64. The maximum atomic E-state index is 12.1. The highest BCUT2D eigenvalue weighted by Gasteiger charge is 2.11. The van der Waals surface area contributed by atoms with Gasteiger partial charge in [-0.2, -0.15) is 0 Å². The van der Waals surface area contributed by atoms with E-state index in [1.807, 2.05) is 13.0 Å². The van der Waals surface area contributed by atoms with Gasteiger partial charge in [0.05, 0.1) is 15.8 Å². The average Bonchev–Trinajstić information content (AvgIpc) is 2.82. The number of hydrogen-bond donors (Lipinski definition) is 1. The number of carbonyl (C=O) groups is 1. The summed E-state index contributed by atoms with van der Waals surface area (Å²) in [5.74, 6) is -0.188. The molecule has 2 heterocycles. The van der Waals surface area contributed by atoms with Crippen molar-refractivity contribution in [3.05, 3.63) is 53.3 Å². The smallest absolute Gasteiger partial charge is 0.259 e. The zero-order valence-electron chi connectivity index (χ0n) is 11.2. The van der Waals surface area contributed by atoms with Crippen LogP contribution in [0.4, 0.5) is 5.13 Å². The zero-order valence-corrected chi connectivity index (χ0v) is 12.0. The molecule has 0 saturated heterocycles. The number of aryl methyl sites for hydroxylation is 2. The first kappa shape index (κ1) is 12.7. The van der Waals surface area contributed by atoms with E-state index in [2.05, 4.69) is 28.3 Å². The third-order valence-electron chi connectivity index (χ3n) is 2.96. The van der Waals surface area contributed by atoms with Gasteiger partial charge in [0, 0.05) is 12.4 Å². The van der Waals surface area contributed by atoms with E-state index in [4.69, 9.17) is 0 Å². The van der Waals surface area contributed by atoms with E-state index in [1.165, 1.54) is 28.7 Å². The van der Waals surface area contributed by atoms with Gasteiger partial charge in [0.25, 0.3) is 5.91 Å². The first-order valence-electron chi connectivity index (χ1n) is 6.22. The lowest BCUT2D eigenvalue weighted by Crippen LogP contribution is -2.11. The molecule has 0 unspecified atom stereocenters. The fraction of sp³-hybridized carbons (Fsp3) is 0.133. The molecule has 20 heavy (non-hydrogen) atoms. The Morgan fingerprint density at radius 3 is 2.90 bits per heavy atom. The predicted molar refractivity (Wildman–Crippen MR) is 81.3 cm³/mol. The van der Waals surface area contributed by atoms with Gasteiger partial charge in [-0.25, -0.2) is 4.98 Å². The molecule has 1 aromatic carbocycles. The summed E-state index contributed by atoms with van der Waals surface area (Å²) in [6.07, 6.45) is 3.18. The van der Waals surface area contributed by atoms with E-state index in [1.54, 1.807) is 18.3 Å². The van der Waals surface area contributed by atoms with Crippen LogP contribution in [0, 0.1) is 13.8 Å². The molecule has 0 spiro atoms. The molecule has 1 amide bonds. The van der Waals surface area contributed by atoms with Crippen molar-refractivity contribution in [3.8, 4) is 0 Å². The molecule has 0 saturated carbocycles. The minimum absolute atomic E-state index is 0.188. The predicted octanol–water partition coefficient (Wildman–Crippen LogP) is 3.56. The van der Waals surface area contributed by atoms with Gasteiger partial charge in [-0.05, 0) is 43.2 Å². The Labute approximate surface area is 120 Å². The van der Waals surface area contributed by atoms with Crippen LogP contribution in [0.15, 0.2) is 36.7 Å². The number of hydrogen-bond acceptors (Lipinski definition) is 4. The molecule has 5 heteroatoms. The van der Waals surface area contributed by atoms with Crippen LogP contribution in [0.5, 0.6) is 0 Å². The number of carbonyl (C=O) groups excluding carboxylic acids is 1. The number of fused-ring (bicyclic) bond motifs is 1. The summed E-state index contributed by atoms with van der Waals surface area (Å²) >= 11 is 1.49. The number of aromatic nitrogens is 2. The molecular formula is C15H13N3OS. The molecule has 4 nitrogen and oxygen atoms in total. The fourth-order valence-electron chi connectivity index (χ4n) is 2.10. The monoisotopic (exact) mass is 283 g/mol. The first-order valence-corrected chi connectivity index (χ1v) is 7.04. The van der Waals surface area contributed by atoms with Crippen molar-refractivity contribution < 1.29 is 4.79 Å². The summed E-state index contributed by atoms with van der Waals surface area (Å²) in [6.45, 7) is 4.10. The number of nitrogens with zero attached hydrogens (tertiary/aromatic N) is 2. The van der Waals surface area contributed by atoms with Crippen LogP contribution in [0.25, 0.3) is 10.2 Å². The van der Waals surface area contributed by atoms with Crippen molar-refractivity contribution >= 4 is 32.6 Å². The van der Waals surface area contributed by atoms with Gasteiger partial charge in [-0.1, -0.05) is 17.4 Å². The topological polar surface area (TPSA) is 54.9 Å². The van der Waals surface area contributed by atoms with E-state index in [-0.39, 0.29) is 5.91 Å². The van der Waals surface area contributed by atoms with Gasteiger partial charge >= 0.3 is 0 Å². The quantitative estimate of drug-likeness (QED) is 0.782.